The minimum Gasteiger partial charge on any atom is -0.490 e. The number of imide groups is 1. The summed E-state index contributed by atoms with van der Waals surface area (Å²) in [5.74, 6) is 0.134. The number of nitrogens with one attached hydrogen (secondary N) is 1. The smallest absolute Gasteiger partial charge is 0.324 e. The van der Waals surface area contributed by atoms with Crippen molar-refractivity contribution in [3.63, 3.8) is 0 Å². The third kappa shape index (κ3) is 6.27. The van der Waals surface area contributed by atoms with Crippen molar-refractivity contribution in [3.05, 3.63) is 29.6 Å². The fraction of sp³-hybridized carbons (Fsp3) is 0.667. The van der Waals surface area contributed by atoms with Gasteiger partial charge in [-0.3, -0.25) is 10.1 Å². The second-order valence-electron chi connectivity index (χ2n) is 10.1. The quantitative estimate of drug-likeness (QED) is 0.447. The molecule has 3 amide bonds. The van der Waals surface area contributed by atoms with E-state index in [0.717, 1.165) is 18.4 Å². The molecule has 188 valence electrons. The summed E-state index contributed by atoms with van der Waals surface area (Å²) >= 11 is 0. The van der Waals surface area contributed by atoms with Crippen molar-refractivity contribution in [2.45, 2.75) is 43.9 Å². The van der Waals surface area contributed by atoms with Gasteiger partial charge < -0.3 is 14.5 Å². The first-order valence-electron chi connectivity index (χ1n) is 12.1. The SMILES string of the molecule is CN1CC(CS(=O)(=O)CCCCCN2CCC(=O)NC2=O)(c2ccc(F)c(OCC3CC3)c2)C1. The molecule has 1 aromatic rings. The van der Waals surface area contributed by atoms with Crippen LogP contribution < -0.4 is 10.1 Å². The van der Waals surface area contributed by atoms with Gasteiger partial charge >= 0.3 is 6.03 Å². The number of ether oxygens (including phenoxy) is 1. The van der Waals surface area contributed by atoms with Crippen LogP contribution in [-0.4, -0.2) is 81.5 Å². The molecule has 1 aliphatic carbocycles. The third-order valence-corrected chi connectivity index (χ3v) is 8.79. The molecule has 1 aromatic carbocycles. The molecule has 4 rings (SSSR count). The van der Waals surface area contributed by atoms with Crippen molar-refractivity contribution < 1.29 is 27.1 Å². The highest BCUT2D eigenvalue weighted by Gasteiger charge is 2.46. The van der Waals surface area contributed by atoms with Crippen molar-refractivity contribution >= 4 is 21.8 Å². The standard InChI is InChI=1S/C24H34FN3O5S/c1-27-15-24(16-27,19-7-8-20(25)21(13-19)33-14-18-5-6-18)17-34(31,32)12-4-2-3-10-28-11-9-22(29)26-23(28)30/h7-8,13,18H,2-6,9-12,14-17H2,1H3,(H,26,29,30). The summed E-state index contributed by atoms with van der Waals surface area (Å²) in [5.41, 5.74) is 0.254. The number of rotatable bonds is 12. The fourth-order valence-electron chi connectivity index (χ4n) is 4.89. The summed E-state index contributed by atoms with van der Waals surface area (Å²) in [6, 6.07) is 4.39. The van der Waals surface area contributed by atoms with Gasteiger partial charge in [0.15, 0.2) is 21.4 Å². The van der Waals surface area contributed by atoms with Gasteiger partial charge in [0, 0.05) is 38.0 Å². The number of urea groups is 1. The average Bonchev–Trinajstić information content (AvgIpc) is 3.57. The molecule has 0 bridgehead atoms. The number of amides is 3. The first-order chi connectivity index (χ1) is 16.2. The number of nitrogens with zero attached hydrogens (tertiary/aromatic N) is 2. The zero-order chi connectivity index (χ0) is 24.3. The fourth-order valence-corrected chi connectivity index (χ4v) is 6.87. The number of sulfone groups is 1. The molecule has 1 N–H and O–H groups in total. The van der Waals surface area contributed by atoms with E-state index in [-0.39, 0.29) is 29.2 Å². The molecule has 2 aliphatic heterocycles. The summed E-state index contributed by atoms with van der Waals surface area (Å²) in [4.78, 5) is 26.6. The van der Waals surface area contributed by atoms with Crippen LogP contribution in [0.2, 0.25) is 0 Å². The molecule has 1 saturated carbocycles. The molecule has 8 nitrogen and oxygen atoms in total. The van der Waals surface area contributed by atoms with Crippen molar-refractivity contribution in [3.8, 4) is 5.75 Å². The number of carbonyl (C=O) groups excluding carboxylic acids is 2. The minimum atomic E-state index is -3.33. The number of benzene rings is 1. The van der Waals surface area contributed by atoms with E-state index in [4.69, 9.17) is 4.74 Å². The van der Waals surface area contributed by atoms with Crippen molar-refractivity contribution in [1.29, 1.82) is 0 Å². The predicted molar refractivity (Wildman–Crippen MR) is 126 cm³/mol. The highest BCUT2D eigenvalue weighted by molar-refractivity contribution is 7.91. The summed E-state index contributed by atoms with van der Waals surface area (Å²) in [5, 5.41) is 2.29. The summed E-state index contributed by atoms with van der Waals surface area (Å²) in [7, 11) is -1.38. The van der Waals surface area contributed by atoms with Crippen LogP contribution in [0.4, 0.5) is 9.18 Å². The van der Waals surface area contributed by atoms with E-state index >= 15 is 0 Å². The van der Waals surface area contributed by atoms with Gasteiger partial charge in [-0.1, -0.05) is 12.5 Å². The molecule has 34 heavy (non-hydrogen) atoms. The van der Waals surface area contributed by atoms with Crippen molar-refractivity contribution in [2.75, 3.05) is 51.3 Å². The van der Waals surface area contributed by atoms with Gasteiger partial charge in [0.1, 0.15) is 0 Å². The number of hydrogen-bond donors (Lipinski definition) is 1. The van der Waals surface area contributed by atoms with Crippen LogP contribution in [0.1, 0.15) is 44.1 Å². The highest BCUT2D eigenvalue weighted by atomic mass is 32.2. The topological polar surface area (TPSA) is 96.0 Å². The van der Waals surface area contributed by atoms with Gasteiger partial charge in [0.05, 0.1) is 18.1 Å². The van der Waals surface area contributed by atoms with Gasteiger partial charge in [0.2, 0.25) is 5.91 Å². The average molecular weight is 496 g/mol. The number of carbonyl (C=O) groups is 2. The van der Waals surface area contributed by atoms with E-state index in [2.05, 4.69) is 10.2 Å². The summed E-state index contributed by atoms with van der Waals surface area (Å²) in [6.45, 7) is 2.61. The zero-order valence-electron chi connectivity index (χ0n) is 19.7. The monoisotopic (exact) mass is 495 g/mol. The number of likely N-dealkylation sites (N-methyl/N-ethyl adjacent to an activating group) is 1. The molecule has 2 saturated heterocycles. The Bertz CT molecular complexity index is 1020. The lowest BCUT2D eigenvalue weighted by Gasteiger charge is -2.49. The molecule has 0 unspecified atom stereocenters. The van der Waals surface area contributed by atoms with Crippen LogP contribution in [0.3, 0.4) is 0 Å². The van der Waals surface area contributed by atoms with Crippen molar-refractivity contribution in [1.82, 2.24) is 15.1 Å². The van der Waals surface area contributed by atoms with Gasteiger partial charge in [0.25, 0.3) is 0 Å². The van der Waals surface area contributed by atoms with Crippen LogP contribution in [0, 0.1) is 11.7 Å². The lowest BCUT2D eigenvalue weighted by molar-refractivity contribution is -0.121. The predicted octanol–water partition coefficient (Wildman–Crippen LogP) is 2.32. The number of halogens is 1. The molecular formula is C24H34FN3O5S. The molecule has 3 aliphatic rings. The third-order valence-electron chi connectivity index (χ3n) is 6.88. The maximum Gasteiger partial charge on any atom is 0.324 e. The maximum absolute atomic E-state index is 14.3. The van der Waals surface area contributed by atoms with Crippen LogP contribution >= 0.6 is 0 Å². The first-order valence-corrected chi connectivity index (χ1v) is 13.9. The van der Waals surface area contributed by atoms with Crippen LogP contribution in [0.5, 0.6) is 5.75 Å². The van der Waals surface area contributed by atoms with E-state index in [1.165, 1.54) is 6.07 Å². The van der Waals surface area contributed by atoms with Crippen LogP contribution in [0.15, 0.2) is 18.2 Å². The Labute approximate surface area is 200 Å². The second kappa shape index (κ2) is 10.2. The Morgan fingerprint density at radius 3 is 2.62 bits per heavy atom. The van der Waals surface area contributed by atoms with E-state index in [1.807, 2.05) is 7.05 Å². The van der Waals surface area contributed by atoms with E-state index in [9.17, 15) is 22.4 Å². The Kier molecular flexibility index (Phi) is 7.47. The molecular weight excluding hydrogens is 461 g/mol. The van der Waals surface area contributed by atoms with Crippen LogP contribution in [0.25, 0.3) is 0 Å². The Balaban J connectivity index is 1.30. The highest BCUT2D eigenvalue weighted by Crippen LogP contribution is 2.38. The Hall–Kier alpha value is -2.20. The lowest BCUT2D eigenvalue weighted by Crippen LogP contribution is -2.60. The Morgan fingerprint density at radius 1 is 1.18 bits per heavy atom. The molecule has 3 fully saturated rings. The first kappa shape index (κ1) is 24.9. The number of likely N-dealkylation sites (tertiary alicyclic amines) is 1. The molecule has 10 heteroatoms. The van der Waals surface area contributed by atoms with Crippen molar-refractivity contribution in [2.24, 2.45) is 5.92 Å². The normalized spacial score (nSPS) is 20.7. The maximum atomic E-state index is 14.3. The zero-order valence-corrected chi connectivity index (χ0v) is 20.5. The molecule has 2 heterocycles. The molecule has 0 atom stereocenters. The number of unbranched alkanes of at least 4 members (excludes halogenated alkanes) is 2. The second-order valence-corrected chi connectivity index (χ2v) is 12.3. The summed E-state index contributed by atoms with van der Waals surface area (Å²) in [6.07, 6.45) is 4.40. The molecule has 0 aromatic heterocycles. The van der Waals surface area contributed by atoms with E-state index in [0.29, 0.717) is 64.4 Å². The largest absolute Gasteiger partial charge is 0.490 e. The van der Waals surface area contributed by atoms with E-state index < -0.39 is 21.1 Å². The molecule has 0 radical (unpaired) electrons. The van der Waals surface area contributed by atoms with E-state index in [1.54, 1.807) is 17.0 Å². The lowest BCUT2D eigenvalue weighted by atomic mass is 9.75. The minimum absolute atomic E-state index is 0.0225. The number of hydrogen-bond acceptors (Lipinski definition) is 6. The van der Waals surface area contributed by atoms with Gasteiger partial charge in [-0.05, 0) is 56.3 Å². The summed E-state index contributed by atoms with van der Waals surface area (Å²) < 4.78 is 46.0. The molecule has 0 spiro atoms. The van der Waals surface area contributed by atoms with Gasteiger partial charge in [-0.2, -0.15) is 0 Å². The van der Waals surface area contributed by atoms with Crippen LogP contribution in [-0.2, 0) is 20.0 Å². The van der Waals surface area contributed by atoms with Gasteiger partial charge in [-0.15, -0.1) is 0 Å². The Morgan fingerprint density at radius 2 is 1.94 bits per heavy atom. The van der Waals surface area contributed by atoms with Gasteiger partial charge in [-0.25, -0.2) is 17.6 Å².